The zero-order valence-corrected chi connectivity index (χ0v) is 11.0. The van der Waals surface area contributed by atoms with Crippen molar-refractivity contribution in [3.63, 3.8) is 0 Å². The zero-order valence-electron chi connectivity index (χ0n) is 11.0. The van der Waals surface area contributed by atoms with Gasteiger partial charge in [0.05, 0.1) is 13.2 Å². The highest BCUT2D eigenvalue weighted by molar-refractivity contribution is 5.19. The van der Waals surface area contributed by atoms with Crippen LogP contribution in [0.3, 0.4) is 0 Å². The molecule has 0 fully saturated rings. The summed E-state index contributed by atoms with van der Waals surface area (Å²) in [6, 6.07) is 1.87. The summed E-state index contributed by atoms with van der Waals surface area (Å²) in [5.74, 6) is -3.94. The smallest absolute Gasteiger partial charge is 0.194 e. The molecule has 3 nitrogen and oxygen atoms in total. The van der Waals surface area contributed by atoms with Gasteiger partial charge in [0.2, 0.25) is 0 Å². The van der Waals surface area contributed by atoms with Crippen molar-refractivity contribution < 1.29 is 23.4 Å². The Kier molecular flexibility index (Phi) is 5.34. The quantitative estimate of drug-likeness (QED) is 0.775. The lowest BCUT2D eigenvalue weighted by atomic mass is 9.92. The van der Waals surface area contributed by atoms with E-state index in [1.165, 1.54) is 0 Å². The van der Waals surface area contributed by atoms with Gasteiger partial charge in [0.1, 0.15) is 0 Å². The van der Waals surface area contributed by atoms with Gasteiger partial charge in [0.25, 0.3) is 0 Å². The number of nitrogens with zero attached hydrogens (tertiary/aromatic N) is 1. The summed E-state index contributed by atoms with van der Waals surface area (Å²) in [4.78, 5) is 1.69. The Morgan fingerprint density at radius 2 is 1.58 bits per heavy atom. The fraction of sp³-hybridized carbons (Fsp3) is 0.538. The Labute approximate surface area is 110 Å². The van der Waals surface area contributed by atoms with E-state index in [1.807, 2.05) is 0 Å². The molecule has 0 radical (unpaired) electrons. The Hall–Kier alpha value is -1.11. The molecule has 1 aromatic carbocycles. The number of aliphatic hydroxyl groups excluding tert-OH is 2. The molecule has 19 heavy (non-hydrogen) atoms. The largest absolute Gasteiger partial charge is 0.396 e. The molecule has 2 N–H and O–H groups in total. The molecule has 1 rings (SSSR count). The van der Waals surface area contributed by atoms with Crippen molar-refractivity contribution in [3.05, 3.63) is 35.1 Å². The molecule has 0 unspecified atom stereocenters. The van der Waals surface area contributed by atoms with Crippen LogP contribution in [0.4, 0.5) is 13.2 Å². The predicted molar refractivity (Wildman–Crippen MR) is 64.9 cm³/mol. The first kappa shape index (κ1) is 15.9. The Bertz CT molecular complexity index is 413. The summed E-state index contributed by atoms with van der Waals surface area (Å²) < 4.78 is 38.9. The van der Waals surface area contributed by atoms with Crippen LogP contribution < -0.4 is 0 Å². The first-order chi connectivity index (χ1) is 8.81. The fourth-order valence-corrected chi connectivity index (χ4v) is 1.87. The molecule has 108 valence electrons. The van der Waals surface area contributed by atoms with Gasteiger partial charge >= 0.3 is 0 Å². The molecule has 1 aromatic rings. The van der Waals surface area contributed by atoms with Gasteiger partial charge in [-0.25, -0.2) is 13.2 Å². The van der Waals surface area contributed by atoms with Gasteiger partial charge in [-0.3, -0.25) is 0 Å². The molecule has 0 aromatic heterocycles. The summed E-state index contributed by atoms with van der Waals surface area (Å²) >= 11 is 0. The fourth-order valence-electron chi connectivity index (χ4n) is 1.87. The van der Waals surface area contributed by atoms with Crippen LogP contribution in [0.25, 0.3) is 0 Å². The van der Waals surface area contributed by atoms with E-state index in [4.69, 9.17) is 10.2 Å². The van der Waals surface area contributed by atoms with Crippen LogP contribution in [0, 0.1) is 22.9 Å². The lowest BCUT2D eigenvalue weighted by Crippen LogP contribution is -2.38. The summed E-state index contributed by atoms with van der Waals surface area (Å²) in [6.45, 7) is 1.79. The highest BCUT2D eigenvalue weighted by Crippen LogP contribution is 2.19. The molecule has 0 aliphatic carbocycles. The minimum Gasteiger partial charge on any atom is -0.396 e. The number of benzene rings is 1. The maximum Gasteiger partial charge on any atom is 0.194 e. The third-order valence-electron chi connectivity index (χ3n) is 2.91. The van der Waals surface area contributed by atoms with E-state index in [0.717, 1.165) is 12.1 Å². The molecular weight excluding hydrogens is 259 g/mol. The van der Waals surface area contributed by atoms with Crippen molar-refractivity contribution in [2.24, 2.45) is 5.41 Å². The molecule has 0 spiro atoms. The lowest BCUT2D eigenvalue weighted by Gasteiger charge is -2.30. The van der Waals surface area contributed by atoms with Gasteiger partial charge in [-0.15, -0.1) is 0 Å². The second kappa shape index (κ2) is 6.36. The maximum atomic E-state index is 13.0. The van der Waals surface area contributed by atoms with E-state index in [-0.39, 0.29) is 25.3 Å². The summed E-state index contributed by atoms with van der Waals surface area (Å²) in [6.07, 6.45) is 0. The first-order valence-electron chi connectivity index (χ1n) is 5.85. The summed E-state index contributed by atoms with van der Waals surface area (Å²) in [5, 5.41) is 18.3. The molecule has 6 heteroatoms. The van der Waals surface area contributed by atoms with Gasteiger partial charge in [0, 0.05) is 18.5 Å². The van der Waals surface area contributed by atoms with Crippen molar-refractivity contribution in [2.45, 2.75) is 13.5 Å². The Morgan fingerprint density at radius 1 is 1.11 bits per heavy atom. The highest BCUT2D eigenvalue weighted by Gasteiger charge is 2.24. The van der Waals surface area contributed by atoms with Crippen molar-refractivity contribution >= 4 is 0 Å². The normalized spacial score (nSPS) is 12.2. The monoisotopic (exact) mass is 277 g/mol. The SMILES string of the molecule is CN(Cc1cc(F)c(F)c(F)c1)CC(C)(CO)CO. The van der Waals surface area contributed by atoms with Gasteiger partial charge in [-0.2, -0.15) is 0 Å². The summed E-state index contributed by atoms with van der Waals surface area (Å²) in [7, 11) is 1.68. The molecule has 0 amide bonds. The topological polar surface area (TPSA) is 43.7 Å². The molecule has 0 heterocycles. The van der Waals surface area contributed by atoms with Crippen molar-refractivity contribution in [1.29, 1.82) is 0 Å². The third kappa shape index (κ3) is 4.19. The lowest BCUT2D eigenvalue weighted by molar-refractivity contribution is 0.0401. The summed E-state index contributed by atoms with van der Waals surface area (Å²) in [5.41, 5.74) is -0.414. The average molecular weight is 277 g/mol. The number of rotatable bonds is 6. The average Bonchev–Trinajstić information content (AvgIpc) is 2.35. The van der Waals surface area contributed by atoms with Crippen LogP contribution in [0.1, 0.15) is 12.5 Å². The van der Waals surface area contributed by atoms with E-state index < -0.39 is 22.9 Å². The second-order valence-electron chi connectivity index (χ2n) is 5.17. The number of hydrogen-bond acceptors (Lipinski definition) is 3. The van der Waals surface area contributed by atoms with Gasteiger partial charge < -0.3 is 15.1 Å². The minimum atomic E-state index is -1.48. The van der Waals surface area contributed by atoms with E-state index in [2.05, 4.69) is 0 Å². The number of halogens is 3. The molecule has 0 aliphatic rings. The Balaban J connectivity index is 2.75. The van der Waals surface area contributed by atoms with Crippen molar-refractivity contribution in [2.75, 3.05) is 26.8 Å². The van der Waals surface area contributed by atoms with Crippen LogP contribution in [0.15, 0.2) is 12.1 Å². The molecule has 0 saturated heterocycles. The van der Waals surface area contributed by atoms with Gasteiger partial charge in [0.15, 0.2) is 17.5 Å². The van der Waals surface area contributed by atoms with E-state index in [1.54, 1.807) is 18.9 Å². The third-order valence-corrected chi connectivity index (χ3v) is 2.91. The maximum absolute atomic E-state index is 13.0. The molecule has 0 aliphatic heterocycles. The minimum absolute atomic E-state index is 0.184. The van der Waals surface area contributed by atoms with Crippen molar-refractivity contribution in [3.8, 4) is 0 Å². The Morgan fingerprint density at radius 3 is 2.00 bits per heavy atom. The molecular formula is C13H18F3NO2. The standard InChI is InChI=1S/C13H18F3NO2/c1-13(7-18,8-19)6-17(2)5-9-3-10(14)12(16)11(15)4-9/h3-4,18-19H,5-8H2,1-2H3. The van der Waals surface area contributed by atoms with Crippen LogP contribution >= 0.6 is 0 Å². The van der Waals surface area contributed by atoms with Crippen LogP contribution in [0.2, 0.25) is 0 Å². The predicted octanol–water partition coefficient (Wildman–Crippen LogP) is 1.53. The van der Waals surface area contributed by atoms with Gasteiger partial charge in [-0.1, -0.05) is 6.92 Å². The van der Waals surface area contributed by atoms with Gasteiger partial charge in [-0.05, 0) is 24.7 Å². The molecule has 0 bridgehead atoms. The van der Waals surface area contributed by atoms with E-state index >= 15 is 0 Å². The molecule has 0 atom stereocenters. The van der Waals surface area contributed by atoms with E-state index in [0.29, 0.717) is 6.54 Å². The van der Waals surface area contributed by atoms with Crippen LogP contribution in [-0.2, 0) is 6.54 Å². The zero-order chi connectivity index (χ0) is 14.6. The van der Waals surface area contributed by atoms with E-state index in [9.17, 15) is 13.2 Å². The van der Waals surface area contributed by atoms with Crippen LogP contribution in [-0.4, -0.2) is 41.9 Å². The van der Waals surface area contributed by atoms with Crippen LogP contribution in [0.5, 0.6) is 0 Å². The molecule has 0 saturated carbocycles. The number of aliphatic hydroxyl groups is 2. The number of hydrogen-bond donors (Lipinski definition) is 2. The highest BCUT2D eigenvalue weighted by atomic mass is 19.2. The first-order valence-corrected chi connectivity index (χ1v) is 5.85. The second-order valence-corrected chi connectivity index (χ2v) is 5.17. The van der Waals surface area contributed by atoms with Crippen molar-refractivity contribution in [1.82, 2.24) is 4.90 Å².